The molecule has 0 N–H and O–H groups in total. The standard InChI is InChI=1S/C21H23ClN2O3S2/c1-16-3-2-4-17(15-16)20(25)24-13-14-28-21(24)9-11-23(12-10-21)29(26,27)19-7-5-18(22)6-8-19/h2-8,15H,9-14H2,1H3. The zero-order valence-electron chi connectivity index (χ0n) is 16.2. The molecule has 2 fully saturated rings. The molecular weight excluding hydrogens is 428 g/mol. The topological polar surface area (TPSA) is 57.7 Å². The van der Waals surface area contributed by atoms with E-state index in [9.17, 15) is 13.2 Å². The van der Waals surface area contributed by atoms with E-state index in [-0.39, 0.29) is 15.7 Å². The predicted octanol–water partition coefficient (Wildman–Crippen LogP) is 4.02. The van der Waals surface area contributed by atoms with E-state index >= 15 is 0 Å². The van der Waals surface area contributed by atoms with E-state index in [1.807, 2.05) is 36.1 Å². The van der Waals surface area contributed by atoms with Gasteiger partial charge >= 0.3 is 0 Å². The van der Waals surface area contributed by atoms with Crippen molar-refractivity contribution in [2.75, 3.05) is 25.4 Å². The molecule has 5 nitrogen and oxygen atoms in total. The van der Waals surface area contributed by atoms with E-state index in [2.05, 4.69) is 0 Å². The van der Waals surface area contributed by atoms with Crippen LogP contribution in [0.5, 0.6) is 0 Å². The Labute approximate surface area is 181 Å². The number of hydrogen-bond acceptors (Lipinski definition) is 4. The number of rotatable bonds is 3. The third-order valence-electron chi connectivity index (χ3n) is 5.64. The molecule has 154 valence electrons. The highest BCUT2D eigenvalue weighted by molar-refractivity contribution is 8.00. The molecule has 1 spiro atoms. The van der Waals surface area contributed by atoms with E-state index in [4.69, 9.17) is 11.6 Å². The third-order valence-corrected chi connectivity index (χ3v) is 9.36. The van der Waals surface area contributed by atoms with Crippen LogP contribution >= 0.6 is 23.4 Å². The molecule has 0 unspecified atom stereocenters. The van der Waals surface area contributed by atoms with Gasteiger partial charge in [0.15, 0.2) is 0 Å². The van der Waals surface area contributed by atoms with Gasteiger partial charge in [0, 0.05) is 36.0 Å². The molecule has 4 rings (SSSR count). The van der Waals surface area contributed by atoms with Crippen LogP contribution in [0, 0.1) is 6.92 Å². The van der Waals surface area contributed by atoms with Gasteiger partial charge in [-0.3, -0.25) is 4.79 Å². The van der Waals surface area contributed by atoms with Crippen molar-refractivity contribution in [1.29, 1.82) is 0 Å². The van der Waals surface area contributed by atoms with E-state index in [1.54, 1.807) is 36.0 Å². The zero-order valence-corrected chi connectivity index (χ0v) is 18.6. The summed E-state index contributed by atoms with van der Waals surface area (Å²) in [5.74, 6) is 0.911. The largest absolute Gasteiger partial charge is 0.323 e. The van der Waals surface area contributed by atoms with Crippen molar-refractivity contribution in [2.24, 2.45) is 0 Å². The summed E-state index contributed by atoms with van der Waals surface area (Å²) in [5, 5.41) is 0.509. The molecule has 2 aromatic carbocycles. The van der Waals surface area contributed by atoms with Crippen LogP contribution in [0.25, 0.3) is 0 Å². The number of carbonyl (C=O) groups is 1. The van der Waals surface area contributed by atoms with Gasteiger partial charge in [0.25, 0.3) is 5.91 Å². The van der Waals surface area contributed by atoms with Crippen molar-refractivity contribution in [3.05, 3.63) is 64.7 Å². The Morgan fingerprint density at radius 3 is 2.41 bits per heavy atom. The van der Waals surface area contributed by atoms with Crippen LogP contribution in [-0.2, 0) is 10.0 Å². The first kappa shape index (κ1) is 20.7. The minimum absolute atomic E-state index is 0.0349. The van der Waals surface area contributed by atoms with Crippen LogP contribution < -0.4 is 0 Å². The number of piperidine rings is 1. The number of sulfonamides is 1. The molecule has 1 amide bonds. The van der Waals surface area contributed by atoms with Crippen molar-refractivity contribution >= 4 is 39.3 Å². The Morgan fingerprint density at radius 2 is 1.76 bits per heavy atom. The molecule has 0 saturated carbocycles. The monoisotopic (exact) mass is 450 g/mol. The Morgan fingerprint density at radius 1 is 1.07 bits per heavy atom. The molecule has 2 aromatic rings. The number of amides is 1. The van der Waals surface area contributed by atoms with Crippen LogP contribution in [0.4, 0.5) is 0 Å². The van der Waals surface area contributed by atoms with E-state index in [1.165, 1.54) is 4.31 Å². The minimum Gasteiger partial charge on any atom is -0.323 e. The molecule has 8 heteroatoms. The van der Waals surface area contributed by atoms with Crippen molar-refractivity contribution in [3.63, 3.8) is 0 Å². The minimum atomic E-state index is -3.56. The lowest BCUT2D eigenvalue weighted by Gasteiger charge is -2.43. The summed E-state index contributed by atoms with van der Waals surface area (Å²) in [6, 6.07) is 13.9. The first-order chi connectivity index (χ1) is 13.8. The van der Waals surface area contributed by atoms with E-state index < -0.39 is 10.0 Å². The second kappa shape index (κ2) is 7.95. The van der Waals surface area contributed by atoms with Gasteiger partial charge in [-0.2, -0.15) is 4.31 Å². The lowest BCUT2D eigenvalue weighted by molar-refractivity contribution is 0.0605. The number of carbonyl (C=O) groups excluding carboxylic acids is 1. The van der Waals surface area contributed by atoms with Crippen LogP contribution in [0.15, 0.2) is 53.4 Å². The molecule has 2 heterocycles. The second-order valence-electron chi connectivity index (χ2n) is 7.48. The Hall–Kier alpha value is -1.54. The lowest BCUT2D eigenvalue weighted by Crippen LogP contribution is -2.53. The van der Waals surface area contributed by atoms with Crippen LogP contribution in [0.3, 0.4) is 0 Å². The zero-order chi connectivity index (χ0) is 20.6. The molecule has 0 bridgehead atoms. The molecule has 0 aliphatic carbocycles. The summed E-state index contributed by atoms with van der Waals surface area (Å²) in [6.45, 7) is 3.47. The number of nitrogens with zero attached hydrogens (tertiary/aromatic N) is 2. The van der Waals surface area contributed by atoms with Crippen LogP contribution in [-0.4, -0.2) is 53.8 Å². The summed E-state index contributed by atoms with van der Waals surface area (Å²) in [4.78, 5) is 15.1. The smallest absolute Gasteiger partial charge is 0.255 e. The van der Waals surface area contributed by atoms with Gasteiger partial charge < -0.3 is 4.90 Å². The van der Waals surface area contributed by atoms with Gasteiger partial charge in [-0.05, 0) is 56.2 Å². The maximum atomic E-state index is 13.2. The highest BCUT2D eigenvalue weighted by Crippen LogP contribution is 2.45. The Kier molecular flexibility index (Phi) is 5.68. The Bertz CT molecular complexity index is 1020. The maximum Gasteiger partial charge on any atom is 0.255 e. The number of thioether (sulfide) groups is 1. The number of aryl methyl sites for hydroxylation is 1. The molecule has 0 aromatic heterocycles. The first-order valence-corrected chi connectivity index (χ1v) is 12.4. The molecule has 2 aliphatic rings. The lowest BCUT2D eigenvalue weighted by atomic mass is 10.0. The fourth-order valence-electron chi connectivity index (χ4n) is 4.07. The van der Waals surface area contributed by atoms with Gasteiger partial charge in [0.1, 0.15) is 0 Å². The van der Waals surface area contributed by atoms with Gasteiger partial charge in [-0.1, -0.05) is 29.3 Å². The molecular formula is C21H23ClN2O3S2. The van der Waals surface area contributed by atoms with Gasteiger partial charge in [0.05, 0.1) is 9.77 Å². The second-order valence-corrected chi connectivity index (χ2v) is 11.3. The van der Waals surface area contributed by atoms with Gasteiger partial charge in [-0.25, -0.2) is 8.42 Å². The normalized spacial score (nSPS) is 19.6. The highest BCUT2D eigenvalue weighted by Gasteiger charge is 2.48. The molecule has 0 radical (unpaired) electrons. The predicted molar refractivity (Wildman–Crippen MR) is 117 cm³/mol. The van der Waals surface area contributed by atoms with E-state index in [0.29, 0.717) is 43.1 Å². The van der Waals surface area contributed by atoms with Crippen molar-refractivity contribution in [1.82, 2.24) is 9.21 Å². The summed E-state index contributed by atoms with van der Waals surface area (Å²) in [7, 11) is -3.56. The van der Waals surface area contributed by atoms with Gasteiger partial charge in [0.2, 0.25) is 10.0 Å². The van der Waals surface area contributed by atoms with Gasteiger partial charge in [-0.15, -0.1) is 11.8 Å². The molecule has 2 aliphatic heterocycles. The van der Waals surface area contributed by atoms with Crippen LogP contribution in [0.2, 0.25) is 5.02 Å². The molecule has 2 saturated heterocycles. The number of halogens is 1. The summed E-state index contributed by atoms with van der Waals surface area (Å²) in [5.41, 5.74) is 1.75. The van der Waals surface area contributed by atoms with E-state index in [0.717, 1.165) is 11.3 Å². The molecule has 0 atom stereocenters. The fourth-order valence-corrected chi connectivity index (χ4v) is 7.10. The van der Waals surface area contributed by atoms with Crippen molar-refractivity contribution in [3.8, 4) is 0 Å². The molecule has 29 heavy (non-hydrogen) atoms. The first-order valence-electron chi connectivity index (χ1n) is 9.60. The highest BCUT2D eigenvalue weighted by atomic mass is 35.5. The summed E-state index contributed by atoms with van der Waals surface area (Å²) < 4.78 is 27.5. The average Bonchev–Trinajstić information content (AvgIpc) is 3.11. The average molecular weight is 451 g/mol. The van der Waals surface area contributed by atoms with Crippen molar-refractivity contribution < 1.29 is 13.2 Å². The summed E-state index contributed by atoms with van der Waals surface area (Å²) >= 11 is 7.66. The van der Waals surface area contributed by atoms with Crippen molar-refractivity contribution in [2.45, 2.75) is 29.5 Å². The number of benzene rings is 2. The quantitative estimate of drug-likeness (QED) is 0.708. The third kappa shape index (κ3) is 3.93. The maximum absolute atomic E-state index is 13.2. The number of hydrogen-bond donors (Lipinski definition) is 0. The fraction of sp³-hybridized carbons (Fsp3) is 0.381. The summed E-state index contributed by atoms with van der Waals surface area (Å²) in [6.07, 6.45) is 1.25. The van der Waals surface area contributed by atoms with Crippen LogP contribution in [0.1, 0.15) is 28.8 Å². The SMILES string of the molecule is Cc1cccc(C(=O)N2CCSC23CCN(S(=O)(=O)c2ccc(Cl)cc2)CC3)c1. The Balaban J connectivity index is 1.51.